The van der Waals surface area contributed by atoms with E-state index >= 15 is 0 Å². The predicted molar refractivity (Wildman–Crippen MR) is 76.5 cm³/mol. The van der Waals surface area contributed by atoms with Crippen LogP contribution in [0.3, 0.4) is 0 Å². The first-order chi connectivity index (χ1) is 9.10. The molecule has 0 amide bonds. The summed E-state index contributed by atoms with van der Waals surface area (Å²) in [5, 5.41) is 12.4. The number of imidazole rings is 1. The fourth-order valence-corrected chi connectivity index (χ4v) is 2.10. The van der Waals surface area contributed by atoms with Gasteiger partial charge in [0, 0.05) is 13.1 Å². The molecule has 19 heavy (non-hydrogen) atoms. The van der Waals surface area contributed by atoms with Crippen LogP contribution < -0.4 is 5.32 Å². The number of aryl methyl sites for hydroxylation is 1. The lowest BCUT2D eigenvalue weighted by Gasteiger charge is -2.13. The first-order valence-electron chi connectivity index (χ1n) is 6.65. The zero-order valence-corrected chi connectivity index (χ0v) is 11.7. The molecule has 100 valence electrons. The smallest absolute Gasteiger partial charge is 0.104 e. The van der Waals surface area contributed by atoms with Crippen molar-refractivity contribution in [3.05, 3.63) is 29.6 Å². The highest BCUT2D eigenvalue weighted by Gasteiger charge is 2.11. The Morgan fingerprint density at radius 3 is 2.89 bits per heavy atom. The highest BCUT2D eigenvalue weighted by atomic mass is 14.9. The third-order valence-electron chi connectivity index (χ3n) is 3.33. The fourth-order valence-electron chi connectivity index (χ4n) is 2.10. The summed E-state index contributed by atoms with van der Waals surface area (Å²) < 4.78 is 0. The first-order valence-corrected chi connectivity index (χ1v) is 6.65. The summed E-state index contributed by atoms with van der Waals surface area (Å²) in [6.07, 6.45) is 0. The molecular formula is C15H20N4. The van der Waals surface area contributed by atoms with E-state index in [-0.39, 0.29) is 5.92 Å². The van der Waals surface area contributed by atoms with Crippen LogP contribution >= 0.6 is 0 Å². The average Bonchev–Trinajstić information content (AvgIpc) is 2.73. The molecule has 1 atom stereocenters. The zero-order valence-electron chi connectivity index (χ0n) is 11.7. The Balaban J connectivity index is 1.96. The van der Waals surface area contributed by atoms with Gasteiger partial charge in [-0.05, 0) is 30.5 Å². The lowest BCUT2D eigenvalue weighted by molar-refractivity contribution is 0.442. The molecule has 0 aliphatic rings. The van der Waals surface area contributed by atoms with Gasteiger partial charge >= 0.3 is 0 Å². The molecule has 0 bridgehead atoms. The maximum atomic E-state index is 9.03. The van der Waals surface area contributed by atoms with Crippen LogP contribution in [0, 0.1) is 30.1 Å². The lowest BCUT2D eigenvalue weighted by atomic mass is 9.97. The minimum atomic E-state index is 0.0677. The van der Waals surface area contributed by atoms with Crippen molar-refractivity contribution < 1.29 is 0 Å². The maximum Gasteiger partial charge on any atom is 0.104 e. The van der Waals surface area contributed by atoms with Crippen molar-refractivity contribution in [2.24, 2.45) is 11.8 Å². The normalized spacial score (nSPS) is 12.8. The number of aromatic amines is 1. The Labute approximate surface area is 113 Å². The number of hydrogen-bond acceptors (Lipinski definition) is 3. The van der Waals surface area contributed by atoms with Gasteiger partial charge in [-0.3, -0.25) is 0 Å². The number of H-pyrrole nitrogens is 1. The quantitative estimate of drug-likeness (QED) is 0.864. The molecule has 0 saturated carbocycles. The number of rotatable bonds is 5. The summed E-state index contributed by atoms with van der Waals surface area (Å²) in [6.45, 7) is 7.62. The van der Waals surface area contributed by atoms with Gasteiger partial charge in [-0.1, -0.05) is 19.9 Å². The summed E-state index contributed by atoms with van der Waals surface area (Å²) in [5.74, 6) is 1.39. The third-order valence-corrected chi connectivity index (χ3v) is 3.33. The van der Waals surface area contributed by atoms with Crippen molar-refractivity contribution in [2.45, 2.75) is 27.3 Å². The van der Waals surface area contributed by atoms with Gasteiger partial charge in [0.05, 0.1) is 23.0 Å². The molecule has 0 aliphatic carbocycles. The zero-order chi connectivity index (χ0) is 13.8. The molecule has 2 rings (SSSR count). The van der Waals surface area contributed by atoms with E-state index in [1.807, 2.05) is 13.0 Å². The molecule has 1 aromatic heterocycles. The number of aromatic nitrogens is 2. The molecule has 4 nitrogen and oxygen atoms in total. The van der Waals surface area contributed by atoms with E-state index in [4.69, 9.17) is 5.26 Å². The minimum Gasteiger partial charge on any atom is -0.342 e. The van der Waals surface area contributed by atoms with E-state index in [2.05, 4.69) is 47.3 Å². The van der Waals surface area contributed by atoms with Crippen LogP contribution in [-0.2, 0) is 6.54 Å². The molecule has 0 radical (unpaired) electrons. The number of benzene rings is 1. The molecule has 1 unspecified atom stereocenters. The molecule has 2 N–H and O–H groups in total. The molecule has 2 aromatic rings. The van der Waals surface area contributed by atoms with E-state index < -0.39 is 0 Å². The van der Waals surface area contributed by atoms with Crippen LogP contribution in [0.15, 0.2) is 18.2 Å². The molecule has 0 spiro atoms. The maximum absolute atomic E-state index is 9.03. The van der Waals surface area contributed by atoms with Crippen molar-refractivity contribution >= 4 is 11.0 Å². The third kappa shape index (κ3) is 3.33. The van der Waals surface area contributed by atoms with Crippen molar-refractivity contribution in [1.82, 2.24) is 15.3 Å². The molecule has 4 heteroatoms. The van der Waals surface area contributed by atoms with Gasteiger partial charge < -0.3 is 10.3 Å². The SMILES string of the molecule is Cc1nc2ccc(CNCC(C#N)C(C)C)cc2[nH]1. The van der Waals surface area contributed by atoms with Crippen molar-refractivity contribution in [2.75, 3.05) is 6.54 Å². The Morgan fingerprint density at radius 2 is 2.21 bits per heavy atom. The molecule has 1 heterocycles. The van der Waals surface area contributed by atoms with Crippen molar-refractivity contribution in [1.29, 1.82) is 5.26 Å². The number of fused-ring (bicyclic) bond motifs is 1. The molecule has 0 saturated heterocycles. The van der Waals surface area contributed by atoms with Crippen LogP contribution in [0.2, 0.25) is 0 Å². The van der Waals surface area contributed by atoms with Gasteiger partial charge in [0.25, 0.3) is 0 Å². The summed E-state index contributed by atoms with van der Waals surface area (Å²) in [5.41, 5.74) is 3.27. The number of nitrogens with zero attached hydrogens (tertiary/aromatic N) is 2. The summed E-state index contributed by atoms with van der Waals surface area (Å²) in [4.78, 5) is 7.62. The van der Waals surface area contributed by atoms with Crippen LogP contribution in [0.5, 0.6) is 0 Å². The van der Waals surface area contributed by atoms with Gasteiger partial charge in [-0.2, -0.15) is 5.26 Å². The number of hydrogen-bond donors (Lipinski definition) is 2. The van der Waals surface area contributed by atoms with Gasteiger partial charge in [-0.25, -0.2) is 4.98 Å². The van der Waals surface area contributed by atoms with E-state index in [9.17, 15) is 0 Å². The second kappa shape index (κ2) is 5.85. The van der Waals surface area contributed by atoms with Crippen LogP contribution in [0.1, 0.15) is 25.2 Å². The standard InChI is InChI=1S/C15H20N4/c1-10(2)13(7-16)9-17-8-12-4-5-14-15(6-12)19-11(3)18-14/h4-6,10,13,17H,8-9H2,1-3H3,(H,18,19). The second-order valence-corrected chi connectivity index (χ2v) is 5.28. The Hall–Kier alpha value is -1.86. The molecule has 0 aliphatic heterocycles. The fraction of sp³-hybridized carbons (Fsp3) is 0.467. The second-order valence-electron chi connectivity index (χ2n) is 5.28. The van der Waals surface area contributed by atoms with E-state index in [1.54, 1.807) is 0 Å². The van der Waals surface area contributed by atoms with E-state index in [0.29, 0.717) is 5.92 Å². The monoisotopic (exact) mass is 256 g/mol. The van der Waals surface area contributed by atoms with Crippen LogP contribution in [0.25, 0.3) is 11.0 Å². The largest absolute Gasteiger partial charge is 0.342 e. The Kier molecular flexibility index (Phi) is 4.18. The lowest BCUT2D eigenvalue weighted by Crippen LogP contribution is -2.24. The highest BCUT2D eigenvalue weighted by molar-refractivity contribution is 5.75. The highest BCUT2D eigenvalue weighted by Crippen LogP contribution is 2.14. The molecular weight excluding hydrogens is 236 g/mol. The number of nitriles is 1. The first kappa shape index (κ1) is 13.6. The topological polar surface area (TPSA) is 64.5 Å². The average molecular weight is 256 g/mol. The van der Waals surface area contributed by atoms with Crippen LogP contribution in [0.4, 0.5) is 0 Å². The Morgan fingerprint density at radius 1 is 1.42 bits per heavy atom. The van der Waals surface area contributed by atoms with Crippen molar-refractivity contribution in [3.8, 4) is 6.07 Å². The van der Waals surface area contributed by atoms with Crippen LogP contribution in [-0.4, -0.2) is 16.5 Å². The van der Waals surface area contributed by atoms with Gasteiger partial charge in [0.2, 0.25) is 0 Å². The Bertz CT molecular complexity index is 592. The summed E-state index contributed by atoms with van der Waals surface area (Å²) in [7, 11) is 0. The van der Waals surface area contributed by atoms with E-state index in [0.717, 1.165) is 29.9 Å². The van der Waals surface area contributed by atoms with E-state index in [1.165, 1.54) is 5.56 Å². The van der Waals surface area contributed by atoms with Gasteiger partial charge in [0.15, 0.2) is 0 Å². The summed E-state index contributed by atoms with van der Waals surface area (Å²) in [6, 6.07) is 8.56. The minimum absolute atomic E-state index is 0.0677. The van der Waals surface area contributed by atoms with Crippen molar-refractivity contribution in [3.63, 3.8) is 0 Å². The molecule has 1 aromatic carbocycles. The summed E-state index contributed by atoms with van der Waals surface area (Å²) >= 11 is 0. The molecule has 0 fully saturated rings. The van der Waals surface area contributed by atoms with Gasteiger partial charge in [0.1, 0.15) is 5.82 Å². The predicted octanol–water partition coefficient (Wildman–Crippen LogP) is 2.76. The van der Waals surface area contributed by atoms with Gasteiger partial charge in [-0.15, -0.1) is 0 Å². The number of nitrogens with one attached hydrogen (secondary N) is 2.